The van der Waals surface area contributed by atoms with Gasteiger partial charge in [-0.05, 0) is 18.2 Å². The number of hydrogen-bond acceptors (Lipinski definition) is 4. The Hall–Kier alpha value is -1.88. The fraction of sp³-hybridized carbons (Fsp3) is 0.0909. The van der Waals surface area contributed by atoms with Crippen molar-refractivity contribution in [3.63, 3.8) is 0 Å². The lowest BCUT2D eigenvalue weighted by Gasteiger charge is -2.05. The minimum Gasteiger partial charge on any atom is -0.478 e. The SMILES string of the molecule is C=C(CNc1ccc2ncsc2c1)C(=O)O. The van der Waals surface area contributed by atoms with Gasteiger partial charge in [-0.3, -0.25) is 0 Å². The van der Waals surface area contributed by atoms with Crippen molar-refractivity contribution in [2.24, 2.45) is 0 Å². The van der Waals surface area contributed by atoms with Gasteiger partial charge in [-0.15, -0.1) is 11.3 Å². The van der Waals surface area contributed by atoms with Crippen molar-refractivity contribution in [2.45, 2.75) is 0 Å². The van der Waals surface area contributed by atoms with E-state index in [9.17, 15) is 4.79 Å². The topological polar surface area (TPSA) is 62.2 Å². The molecular formula is C11H10N2O2S. The number of rotatable bonds is 4. The second-order valence-electron chi connectivity index (χ2n) is 3.30. The van der Waals surface area contributed by atoms with Crippen LogP contribution in [0.3, 0.4) is 0 Å². The van der Waals surface area contributed by atoms with E-state index in [1.54, 1.807) is 16.8 Å². The van der Waals surface area contributed by atoms with E-state index in [0.29, 0.717) is 0 Å². The summed E-state index contributed by atoms with van der Waals surface area (Å²) in [5.74, 6) is -0.980. The maximum atomic E-state index is 10.5. The first-order valence-corrected chi connectivity index (χ1v) is 5.53. The average molecular weight is 234 g/mol. The zero-order valence-corrected chi connectivity index (χ0v) is 9.25. The molecule has 0 amide bonds. The molecule has 0 radical (unpaired) electrons. The lowest BCUT2D eigenvalue weighted by molar-refractivity contribution is -0.132. The summed E-state index contributed by atoms with van der Waals surface area (Å²) >= 11 is 1.55. The Morgan fingerprint density at radius 1 is 1.56 bits per heavy atom. The van der Waals surface area contributed by atoms with Gasteiger partial charge >= 0.3 is 5.97 Å². The highest BCUT2D eigenvalue weighted by Gasteiger charge is 2.04. The summed E-state index contributed by atoms with van der Waals surface area (Å²) in [5, 5.41) is 11.7. The number of aromatic nitrogens is 1. The molecule has 0 bridgehead atoms. The van der Waals surface area contributed by atoms with Gasteiger partial charge in [0.15, 0.2) is 0 Å². The standard InChI is InChI=1S/C11H10N2O2S/c1-7(11(14)15)5-12-8-2-3-9-10(4-8)16-6-13-9/h2-4,6,12H,1,5H2,(H,14,15). The third-order valence-corrected chi connectivity index (χ3v) is 2.93. The second kappa shape index (κ2) is 4.32. The maximum absolute atomic E-state index is 10.5. The number of fused-ring (bicyclic) bond motifs is 1. The van der Waals surface area contributed by atoms with Crippen LogP contribution in [0.25, 0.3) is 10.2 Å². The molecule has 4 nitrogen and oxygen atoms in total. The molecular weight excluding hydrogens is 224 g/mol. The van der Waals surface area contributed by atoms with Crippen LogP contribution < -0.4 is 5.32 Å². The number of hydrogen-bond donors (Lipinski definition) is 2. The number of nitrogens with one attached hydrogen (secondary N) is 1. The summed E-state index contributed by atoms with van der Waals surface area (Å²) in [5.41, 5.74) is 3.75. The number of anilines is 1. The van der Waals surface area contributed by atoms with Gasteiger partial charge in [0.05, 0.1) is 15.7 Å². The highest BCUT2D eigenvalue weighted by Crippen LogP contribution is 2.21. The zero-order valence-electron chi connectivity index (χ0n) is 8.43. The van der Waals surface area contributed by atoms with Crippen molar-refractivity contribution >= 4 is 33.2 Å². The summed E-state index contributed by atoms with van der Waals surface area (Å²) < 4.78 is 1.07. The molecule has 0 unspecified atom stereocenters. The van der Waals surface area contributed by atoms with E-state index in [2.05, 4.69) is 16.9 Å². The largest absolute Gasteiger partial charge is 0.478 e. The molecule has 0 aliphatic rings. The molecule has 2 aromatic rings. The van der Waals surface area contributed by atoms with E-state index in [1.165, 1.54) is 0 Å². The van der Waals surface area contributed by atoms with E-state index >= 15 is 0 Å². The zero-order chi connectivity index (χ0) is 11.5. The Balaban J connectivity index is 2.09. The Morgan fingerprint density at radius 2 is 2.38 bits per heavy atom. The minimum absolute atomic E-state index is 0.143. The van der Waals surface area contributed by atoms with Crippen LogP contribution in [-0.4, -0.2) is 22.6 Å². The number of carboxylic acid groups (broad SMARTS) is 1. The average Bonchev–Trinajstić information content (AvgIpc) is 2.72. The molecule has 1 aromatic heterocycles. The predicted molar refractivity (Wildman–Crippen MR) is 64.9 cm³/mol. The molecule has 0 saturated carbocycles. The quantitative estimate of drug-likeness (QED) is 0.797. The Morgan fingerprint density at radius 3 is 3.12 bits per heavy atom. The predicted octanol–water partition coefficient (Wildman–Crippen LogP) is 2.35. The number of carboxylic acids is 1. The van der Waals surface area contributed by atoms with Gasteiger partial charge in [-0.2, -0.15) is 0 Å². The molecule has 16 heavy (non-hydrogen) atoms. The van der Waals surface area contributed by atoms with E-state index in [1.807, 2.05) is 18.2 Å². The molecule has 0 aliphatic heterocycles. The van der Waals surface area contributed by atoms with Crippen LogP contribution in [-0.2, 0) is 4.79 Å². The van der Waals surface area contributed by atoms with E-state index in [0.717, 1.165) is 15.9 Å². The Bertz CT molecular complexity index is 548. The number of carbonyl (C=O) groups is 1. The van der Waals surface area contributed by atoms with Gasteiger partial charge in [0.2, 0.25) is 0 Å². The van der Waals surface area contributed by atoms with Crippen molar-refractivity contribution in [1.82, 2.24) is 4.98 Å². The molecule has 0 saturated heterocycles. The molecule has 1 heterocycles. The fourth-order valence-corrected chi connectivity index (χ4v) is 1.97. The number of thiazole rings is 1. The lowest BCUT2D eigenvalue weighted by Crippen LogP contribution is -2.10. The lowest BCUT2D eigenvalue weighted by atomic mass is 10.2. The van der Waals surface area contributed by atoms with Crippen molar-refractivity contribution in [1.29, 1.82) is 0 Å². The highest BCUT2D eigenvalue weighted by molar-refractivity contribution is 7.16. The maximum Gasteiger partial charge on any atom is 0.332 e. The summed E-state index contributed by atoms with van der Waals surface area (Å²) in [7, 11) is 0. The summed E-state index contributed by atoms with van der Waals surface area (Å²) in [6, 6.07) is 5.72. The Labute approximate surface area is 96.2 Å². The van der Waals surface area contributed by atoms with Gasteiger partial charge in [0, 0.05) is 17.8 Å². The smallest absolute Gasteiger partial charge is 0.332 e. The second-order valence-corrected chi connectivity index (χ2v) is 4.18. The van der Waals surface area contributed by atoms with Crippen molar-refractivity contribution in [2.75, 3.05) is 11.9 Å². The van der Waals surface area contributed by atoms with Crippen LogP contribution in [0.5, 0.6) is 0 Å². The number of aliphatic carboxylic acids is 1. The molecule has 0 fully saturated rings. The van der Waals surface area contributed by atoms with Crippen LogP contribution in [0.4, 0.5) is 5.69 Å². The third kappa shape index (κ3) is 2.20. The van der Waals surface area contributed by atoms with Crippen LogP contribution in [0.2, 0.25) is 0 Å². The van der Waals surface area contributed by atoms with Crippen LogP contribution >= 0.6 is 11.3 Å². The normalized spacial score (nSPS) is 10.2. The van der Waals surface area contributed by atoms with Crippen molar-refractivity contribution in [3.8, 4) is 0 Å². The van der Waals surface area contributed by atoms with Crippen molar-refractivity contribution < 1.29 is 9.90 Å². The van der Waals surface area contributed by atoms with Gasteiger partial charge in [-0.1, -0.05) is 6.58 Å². The molecule has 0 atom stereocenters. The summed E-state index contributed by atoms with van der Waals surface area (Å²) in [6.07, 6.45) is 0. The van der Waals surface area contributed by atoms with Gasteiger partial charge in [-0.25, -0.2) is 9.78 Å². The van der Waals surface area contributed by atoms with Crippen LogP contribution in [0.15, 0.2) is 35.9 Å². The number of benzene rings is 1. The third-order valence-electron chi connectivity index (χ3n) is 2.14. The minimum atomic E-state index is -0.980. The van der Waals surface area contributed by atoms with Crippen LogP contribution in [0.1, 0.15) is 0 Å². The Kier molecular flexibility index (Phi) is 2.87. The molecule has 82 valence electrons. The van der Waals surface area contributed by atoms with Crippen LogP contribution in [0, 0.1) is 0 Å². The number of nitrogens with zero attached hydrogens (tertiary/aromatic N) is 1. The molecule has 2 N–H and O–H groups in total. The van der Waals surface area contributed by atoms with Gasteiger partial charge in [0.1, 0.15) is 0 Å². The van der Waals surface area contributed by atoms with E-state index in [4.69, 9.17) is 5.11 Å². The van der Waals surface area contributed by atoms with Gasteiger partial charge in [0.25, 0.3) is 0 Å². The monoisotopic (exact) mass is 234 g/mol. The molecule has 1 aromatic carbocycles. The molecule has 5 heteroatoms. The van der Waals surface area contributed by atoms with Gasteiger partial charge < -0.3 is 10.4 Å². The summed E-state index contributed by atoms with van der Waals surface area (Å²) in [4.78, 5) is 14.7. The molecule has 0 aliphatic carbocycles. The summed E-state index contributed by atoms with van der Waals surface area (Å²) in [6.45, 7) is 3.69. The first-order chi connectivity index (χ1) is 7.66. The fourth-order valence-electron chi connectivity index (χ4n) is 1.25. The highest BCUT2D eigenvalue weighted by atomic mass is 32.1. The molecule has 2 rings (SSSR count). The molecule has 0 spiro atoms. The van der Waals surface area contributed by atoms with E-state index in [-0.39, 0.29) is 12.1 Å². The first kappa shape index (κ1) is 10.6. The van der Waals surface area contributed by atoms with E-state index < -0.39 is 5.97 Å². The van der Waals surface area contributed by atoms with Crippen molar-refractivity contribution in [3.05, 3.63) is 35.9 Å². The first-order valence-electron chi connectivity index (χ1n) is 4.65.